The Morgan fingerprint density at radius 1 is 1.67 bits per heavy atom. The zero-order valence-electron chi connectivity index (χ0n) is 8.79. The van der Waals surface area contributed by atoms with Crippen LogP contribution in [0.4, 0.5) is 4.79 Å². The van der Waals surface area contributed by atoms with Crippen molar-refractivity contribution in [3.05, 3.63) is 0 Å². The maximum atomic E-state index is 11.4. The number of rotatable bonds is 1. The number of carbonyl (C=O) groups is 1. The highest BCUT2D eigenvalue weighted by atomic mass is 16.6. The number of nitrogens with two attached hydrogens (primary N) is 1. The largest absolute Gasteiger partial charge is 0.441 e. The van der Waals surface area contributed by atoms with E-state index >= 15 is 0 Å². The van der Waals surface area contributed by atoms with E-state index in [1.807, 2.05) is 0 Å². The number of ether oxygens (including phenoxy) is 2. The van der Waals surface area contributed by atoms with Gasteiger partial charge in [-0.25, -0.2) is 4.79 Å². The van der Waals surface area contributed by atoms with Gasteiger partial charge in [0.05, 0.1) is 6.10 Å². The third kappa shape index (κ3) is 1.49. The molecule has 2 fully saturated rings. The van der Waals surface area contributed by atoms with Crippen LogP contribution in [0.5, 0.6) is 0 Å². The summed E-state index contributed by atoms with van der Waals surface area (Å²) < 4.78 is 10.3. The van der Waals surface area contributed by atoms with E-state index in [2.05, 4.69) is 0 Å². The van der Waals surface area contributed by atoms with Crippen LogP contribution in [0.3, 0.4) is 0 Å². The average molecular weight is 216 g/mol. The topological polar surface area (TPSA) is 85.0 Å². The van der Waals surface area contributed by atoms with Crippen molar-refractivity contribution in [2.75, 3.05) is 14.2 Å². The SMILES string of the molecule is CO[C@@H]1C[C@H](N)[C@H](O)[C@@H]2OC(=O)N(C)[C@@H]21. The van der Waals surface area contributed by atoms with Crippen LogP contribution in [0.15, 0.2) is 0 Å². The summed E-state index contributed by atoms with van der Waals surface area (Å²) in [6, 6.07) is -0.646. The van der Waals surface area contributed by atoms with Crippen LogP contribution in [0.25, 0.3) is 0 Å². The molecule has 6 nitrogen and oxygen atoms in total. The van der Waals surface area contributed by atoms with Gasteiger partial charge in [-0.1, -0.05) is 0 Å². The predicted molar refractivity (Wildman–Crippen MR) is 51.2 cm³/mol. The monoisotopic (exact) mass is 216 g/mol. The molecule has 1 amide bonds. The van der Waals surface area contributed by atoms with E-state index in [1.165, 1.54) is 4.90 Å². The zero-order valence-corrected chi connectivity index (χ0v) is 8.79. The van der Waals surface area contributed by atoms with Gasteiger partial charge < -0.3 is 25.2 Å². The van der Waals surface area contributed by atoms with Gasteiger partial charge in [0.2, 0.25) is 0 Å². The summed E-state index contributed by atoms with van der Waals surface area (Å²) in [5.41, 5.74) is 5.75. The number of amides is 1. The highest BCUT2D eigenvalue weighted by Crippen LogP contribution is 2.32. The van der Waals surface area contributed by atoms with Crippen LogP contribution < -0.4 is 5.73 Å². The number of hydrogen-bond donors (Lipinski definition) is 2. The van der Waals surface area contributed by atoms with Crippen LogP contribution in [0.1, 0.15) is 6.42 Å². The molecule has 2 aliphatic rings. The van der Waals surface area contributed by atoms with Gasteiger partial charge in [0.1, 0.15) is 12.1 Å². The molecule has 1 saturated heterocycles. The second kappa shape index (κ2) is 3.62. The first-order valence-electron chi connectivity index (χ1n) is 4.96. The number of carbonyl (C=O) groups excluding carboxylic acids is 1. The van der Waals surface area contributed by atoms with Gasteiger partial charge in [-0.05, 0) is 6.42 Å². The molecule has 15 heavy (non-hydrogen) atoms. The number of fused-ring (bicyclic) bond motifs is 1. The molecule has 1 saturated carbocycles. The van der Waals surface area contributed by atoms with Gasteiger partial charge >= 0.3 is 6.09 Å². The summed E-state index contributed by atoms with van der Waals surface area (Å²) in [4.78, 5) is 12.8. The zero-order chi connectivity index (χ0) is 11.2. The fourth-order valence-corrected chi connectivity index (χ4v) is 2.37. The number of hydrogen-bond acceptors (Lipinski definition) is 5. The van der Waals surface area contributed by atoms with Crippen molar-refractivity contribution in [3.8, 4) is 0 Å². The first-order chi connectivity index (χ1) is 7.06. The molecule has 2 rings (SSSR count). The molecule has 0 unspecified atom stereocenters. The molecule has 0 aromatic carbocycles. The van der Waals surface area contributed by atoms with Gasteiger partial charge in [-0.3, -0.25) is 0 Å². The lowest BCUT2D eigenvalue weighted by Crippen LogP contribution is -2.60. The van der Waals surface area contributed by atoms with Crippen molar-refractivity contribution in [2.45, 2.75) is 36.8 Å². The average Bonchev–Trinajstić information content (AvgIpc) is 2.50. The highest BCUT2D eigenvalue weighted by Gasteiger charge is 2.53. The summed E-state index contributed by atoms with van der Waals surface area (Å²) >= 11 is 0. The summed E-state index contributed by atoms with van der Waals surface area (Å²) in [5.74, 6) is 0. The standard InChI is InChI=1S/C9H16N2O4/c1-11-6-5(14-2)3-4(10)7(12)8(6)15-9(11)13/h4-8,12H,3,10H2,1-2H3/t4-,5+,6+,7-,8+/m0/s1. The minimum Gasteiger partial charge on any atom is -0.441 e. The first kappa shape index (κ1) is 10.7. The molecular formula is C9H16N2O4. The summed E-state index contributed by atoms with van der Waals surface area (Å²) in [7, 11) is 3.21. The van der Waals surface area contributed by atoms with Crippen LogP contribution in [0.2, 0.25) is 0 Å². The molecule has 0 aromatic heterocycles. The number of likely N-dealkylation sites (N-methyl/N-ethyl adjacent to an activating group) is 1. The van der Waals surface area contributed by atoms with Gasteiger partial charge in [-0.15, -0.1) is 0 Å². The minimum absolute atomic E-state index is 0.176. The first-order valence-corrected chi connectivity index (χ1v) is 4.96. The normalized spacial score (nSPS) is 45.2. The van der Waals surface area contributed by atoms with Gasteiger partial charge in [-0.2, -0.15) is 0 Å². The van der Waals surface area contributed by atoms with E-state index in [4.69, 9.17) is 15.2 Å². The van der Waals surface area contributed by atoms with E-state index in [9.17, 15) is 9.90 Å². The Balaban J connectivity index is 2.24. The van der Waals surface area contributed by atoms with Crippen LogP contribution in [-0.2, 0) is 9.47 Å². The van der Waals surface area contributed by atoms with E-state index in [0.29, 0.717) is 6.42 Å². The summed E-state index contributed by atoms with van der Waals surface area (Å²) in [6.07, 6.45) is -1.46. The number of aliphatic hydroxyl groups excluding tert-OH is 1. The maximum absolute atomic E-state index is 11.4. The van der Waals surface area contributed by atoms with Gasteiger partial charge in [0.15, 0.2) is 6.10 Å². The molecule has 86 valence electrons. The Hall–Kier alpha value is -0.850. The molecule has 0 radical (unpaired) electrons. The smallest absolute Gasteiger partial charge is 0.410 e. The molecule has 1 heterocycles. The molecular weight excluding hydrogens is 200 g/mol. The predicted octanol–water partition coefficient (Wildman–Crippen LogP) is -1.09. The van der Waals surface area contributed by atoms with E-state index in [0.717, 1.165) is 0 Å². The summed E-state index contributed by atoms with van der Waals surface area (Å²) in [6.45, 7) is 0. The van der Waals surface area contributed by atoms with E-state index < -0.39 is 24.3 Å². The number of nitrogens with zero attached hydrogens (tertiary/aromatic N) is 1. The fourth-order valence-electron chi connectivity index (χ4n) is 2.37. The Labute approximate surface area is 87.9 Å². The lowest BCUT2D eigenvalue weighted by molar-refractivity contribution is -0.0776. The van der Waals surface area contributed by atoms with Crippen molar-refractivity contribution < 1.29 is 19.4 Å². The summed E-state index contributed by atoms with van der Waals surface area (Å²) in [5, 5.41) is 9.81. The molecule has 1 aliphatic heterocycles. The molecule has 0 spiro atoms. The number of aliphatic hydroxyl groups is 1. The number of methoxy groups -OCH3 is 1. The second-order valence-corrected chi connectivity index (χ2v) is 4.11. The van der Waals surface area contributed by atoms with E-state index in [-0.39, 0.29) is 12.1 Å². The van der Waals surface area contributed by atoms with Crippen LogP contribution >= 0.6 is 0 Å². The highest BCUT2D eigenvalue weighted by molar-refractivity contribution is 5.70. The van der Waals surface area contributed by atoms with Crippen molar-refractivity contribution in [1.82, 2.24) is 4.90 Å². The lowest BCUT2D eigenvalue weighted by atomic mass is 9.84. The third-order valence-electron chi connectivity index (χ3n) is 3.27. The quantitative estimate of drug-likeness (QED) is 0.582. The Morgan fingerprint density at radius 3 is 2.93 bits per heavy atom. The van der Waals surface area contributed by atoms with Crippen LogP contribution in [0, 0.1) is 0 Å². The Kier molecular flexibility index (Phi) is 2.57. The maximum Gasteiger partial charge on any atom is 0.410 e. The van der Waals surface area contributed by atoms with Gasteiger partial charge in [0, 0.05) is 20.2 Å². The lowest BCUT2D eigenvalue weighted by Gasteiger charge is -2.39. The van der Waals surface area contributed by atoms with Crippen molar-refractivity contribution in [1.29, 1.82) is 0 Å². The Morgan fingerprint density at radius 2 is 2.33 bits per heavy atom. The van der Waals surface area contributed by atoms with Crippen molar-refractivity contribution in [2.24, 2.45) is 5.73 Å². The molecule has 0 bridgehead atoms. The van der Waals surface area contributed by atoms with Crippen LogP contribution in [-0.4, -0.2) is 60.7 Å². The molecule has 5 atom stereocenters. The molecule has 6 heteroatoms. The Bertz CT molecular complexity index is 273. The fraction of sp³-hybridized carbons (Fsp3) is 0.889. The molecule has 3 N–H and O–H groups in total. The molecule has 0 aromatic rings. The second-order valence-electron chi connectivity index (χ2n) is 4.11. The van der Waals surface area contributed by atoms with Crippen molar-refractivity contribution >= 4 is 6.09 Å². The van der Waals surface area contributed by atoms with Crippen molar-refractivity contribution in [3.63, 3.8) is 0 Å². The van der Waals surface area contributed by atoms with E-state index in [1.54, 1.807) is 14.2 Å². The minimum atomic E-state index is -0.810. The van der Waals surface area contributed by atoms with Gasteiger partial charge in [0.25, 0.3) is 0 Å². The third-order valence-corrected chi connectivity index (χ3v) is 3.27. The molecule has 1 aliphatic carbocycles.